The van der Waals surface area contributed by atoms with Gasteiger partial charge in [-0.1, -0.05) is 13.8 Å². The lowest BCUT2D eigenvalue weighted by atomic mass is 9.80. The van der Waals surface area contributed by atoms with Crippen molar-refractivity contribution < 1.29 is 13.2 Å². The smallest absolute Gasteiger partial charge is 0.217 e. The van der Waals surface area contributed by atoms with Crippen LogP contribution in [0, 0.1) is 11.8 Å². The summed E-state index contributed by atoms with van der Waals surface area (Å²) in [5.41, 5.74) is 6.28. The first-order chi connectivity index (χ1) is 11.4. The number of nitrogens with two attached hydrogens (primary N) is 1. The van der Waals surface area contributed by atoms with E-state index >= 15 is 0 Å². The highest BCUT2D eigenvalue weighted by Crippen LogP contribution is 2.35. The van der Waals surface area contributed by atoms with Crippen molar-refractivity contribution in [3.63, 3.8) is 0 Å². The summed E-state index contributed by atoms with van der Waals surface area (Å²) in [6, 6.07) is -0.272. The fraction of sp³-hybridized carbons (Fsp3) is 1.00. The first-order valence-corrected chi connectivity index (χ1v) is 11.3. The fourth-order valence-electron chi connectivity index (χ4n) is 4.29. The average molecular weight is 359 g/mol. The highest BCUT2D eigenvalue weighted by atomic mass is 32.2. The van der Waals surface area contributed by atoms with Crippen molar-refractivity contribution in [3.05, 3.63) is 0 Å². The highest BCUT2D eigenvalue weighted by molar-refractivity contribution is 7.90. The van der Waals surface area contributed by atoms with E-state index in [0.717, 1.165) is 50.4 Å². The summed E-state index contributed by atoms with van der Waals surface area (Å²) in [5.74, 6) is 1.56. The second-order valence-corrected chi connectivity index (χ2v) is 10.5. The minimum absolute atomic E-state index is 0.0979. The maximum Gasteiger partial charge on any atom is 0.217 e. The lowest BCUT2D eigenvalue weighted by Gasteiger charge is -2.40. The molecule has 5 nitrogen and oxygen atoms in total. The van der Waals surface area contributed by atoms with Gasteiger partial charge in [0.15, 0.2) is 0 Å². The number of rotatable bonds is 6. The van der Waals surface area contributed by atoms with E-state index in [9.17, 15) is 8.42 Å². The number of hydrogen-bond donors (Lipinski definition) is 1. The van der Waals surface area contributed by atoms with E-state index in [0.29, 0.717) is 13.2 Å². The van der Waals surface area contributed by atoms with Gasteiger partial charge in [0.25, 0.3) is 0 Å². The molecular formula is C18H34N2O3S. The van der Waals surface area contributed by atoms with Gasteiger partial charge in [0.2, 0.25) is 10.0 Å². The minimum Gasteiger partial charge on any atom is -0.376 e. The number of sulfonamides is 1. The average Bonchev–Trinajstić information content (AvgIpc) is 3.39. The van der Waals surface area contributed by atoms with Crippen molar-refractivity contribution in [2.45, 2.75) is 88.7 Å². The molecule has 24 heavy (non-hydrogen) atoms. The van der Waals surface area contributed by atoms with Crippen LogP contribution in [-0.2, 0) is 14.8 Å². The molecule has 0 aromatic carbocycles. The van der Waals surface area contributed by atoms with Crippen LogP contribution in [0.3, 0.4) is 0 Å². The Morgan fingerprint density at radius 2 is 1.75 bits per heavy atom. The van der Waals surface area contributed by atoms with Gasteiger partial charge in [-0.15, -0.1) is 0 Å². The van der Waals surface area contributed by atoms with Gasteiger partial charge in [0.1, 0.15) is 0 Å². The zero-order chi connectivity index (χ0) is 17.3. The van der Waals surface area contributed by atoms with Crippen molar-refractivity contribution in [1.82, 2.24) is 4.31 Å². The van der Waals surface area contributed by atoms with Gasteiger partial charge in [-0.2, -0.15) is 4.31 Å². The normalized spacial score (nSPS) is 36.2. The molecule has 0 unspecified atom stereocenters. The minimum atomic E-state index is -3.17. The standard InChI is InChI=1S/C18H34N2O3S/c1-13(2)14-5-7-15(8-6-14)23-12-18-17(19)4-3-11-20(18)24(21,22)16-9-10-16/h13-18H,3-12,19H2,1-2H3/t14-,15+,17-,18-/m0/s1. The van der Waals surface area contributed by atoms with Crippen molar-refractivity contribution in [1.29, 1.82) is 0 Å². The van der Waals surface area contributed by atoms with Crippen LogP contribution in [0.5, 0.6) is 0 Å². The number of ether oxygens (including phenoxy) is 1. The van der Waals surface area contributed by atoms with Crippen molar-refractivity contribution in [2.75, 3.05) is 13.2 Å². The third kappa shape index (κ3) is 4.14. The Morgan fingerprint density at radius 3 is 2.33 bits per heavy atom. The Kier molecular flexibility index (Phi) is 5.90. The molecule has 6 heteroatoms. The maximum atomic E-state index is 12.7. The summed E-state index contributed by atoms with van der Waals surface area (Å²) in [4.78, 5) is 0. The first kappa shape index (κ1) is 18.6. The Bertz CT molecular complexity index is 510. The van der Waals surface area contributed by atoms with Crippen molar-refractivity contribution in [2.24, 2.45) is 17.6 Å². The molecule has 0 bridgehead atoms. The summed E-state index contributed by atoms with van der Waals surface area (Å²) in [6.07, 6.45) is 8.29. The van der Waals surface area contributed by atoms with Crippen LogP contribution in [0.4, 0.5) is 0 Å². The Morgan fingerprint density at radius 1 is 1.08 bits per heavy atom. The van der Waals surface area contributed by atoms with Crippen molar-refractivity contribution >= 4 is 10.0 Å². The van der Waals surface area contributed by atoms with E-state index < -0.39 is 10.0 Å². The molecule has 2 aliphatic carbocycles. The van der Waals surface area contributed by atoms with Crippen LogP contribution in [0.2, 0.25) is 0 Å². The van der Waals surface area contributed by atoms with Gasteiger partial charge >= 0.3 is 0 Å². The van der Waals surface area contributed by atoms with E-state index in [-0.39, 0.29) is 23.4 Å². The second-order valence-electron chi connectivity index (χ2n) is 8.34. The van der Waals surface area contributed by atoms with Crippen molar-refractivity contribution in [3.8, 4) is 0 Å². The largest absolute Gasteiger partial charge is 0.376 e. The Labute approximate surface area is 147 Å². The SMILES string of the molecule is CC(C)[C@H]1CC[C@@H](OC[C@H]2[C@@H](N)CCCN2S(=O)(=O)C2CC2)CC1. The van der Waals surface area contributed by atoms with E-state index in [1.807, 2.05) is 0 Å². The molecule has 0 aromatic heterocycles. The van der Waals surface area contributed by atoms with Gasteiger partial charge in [-0.3, -0.25) is 0 Å². The summed E-state index contributed by atoms with van der Waals surface area (Å²) in [6.45, 7) is 5.67. The van der Waals surface area contributed by atoms with Crippen LogP contribution in [0.15, 0.2) is 0 Å². The number of nitrogens with zero attached hydrogens (tertiary/aromatic N) is 1. The van der Waals surface area contributed by atoms with E-state index in [4.69, 9.17) is 10.5 Å². The summed E-state index contributed by atoms with van der Waals surface area (Å²) in [7, 11) is -3.17. The van der Waals surface area contributed by atoms with Gasteiger partial charge in [0.05, 0.1) is 24.0 Å². The zero-order valence-electron chi connectivity index (χ0n) is 15.2. The second kappa shape index (κ2) is 7.60. The molecule has 0 aromatic rings. The molecule has 0 radical (unpaired) electrons. The zero-order valence-corrected chi connectivity index (χ0v) is 16.0. The highest BCUT2D eigenvalue weighted by Gasteiger charge is 2.45. The van der Waals surface area contributed by atoms with E-state index in [2.05, 4.69) is 13.8 Å². The van der Waals surface area contributed by atoms with Crippen LogP contribution in [0.25, 0.3) is 0 Å². The molecule has 1 aliphatic heterocycles. The molecule has 0 spiro atoms. The van der Waals surface area contributed by atoms with Crippen LogP contribution in [0.1, 0.15) is 65.2 Å². The lowest BCUT2D eigenvalue weighted by Crippen LogP contribution is -2.57. The number of piperidine rings is 1. The Balaban J connectivity index is 1.56. The molecule has 1 saturated heterocycles. The summed E-state index contributed by atoms with van der Waals surface area (Å²) < 4.78 is 33.2. The third-order valence-corrected chi connectivity index (χ3v) is 8.64. The van der Waals surface area contributed by atoms with Crippen LogP contribution in [-0.4, -0.2) is 49.3 Å². The monoisotopic (exact) mass is 358 g/mol. The van der Waals surface area contributed by atoms with Gasteiger partial charge in [-0.05, 0) is 63.2 Å². The topological polar surface area (TPSA) is 72.6 Å². The quantitative estimate of drug-likeness (QED) is 0.792. The number of hydrogen-bond acceptors (Lipinski definition) is 4. The molecule has 140 valence electrons. The Hall–Kier alpha value is -0.170. The van der Waals surface area contributed by atoms with Crippen LogP contribution >= 0.6 is 0 Å². The lowest BCUT2D eigenvalue weighted by molar-refractivity contribution is -0.0161. The molecule has 1 heterocycles. The van der Waals surface area contributed by atoms with Gasteiger partial charge in [0, 0.05) is 12.6 Å². The molecule has 3 rings (SSSR count). The van der Waals surface area contributed by atoms with Gasteiger partial charge in [-0.25, -0.2) is 8.42 Å². The molecule has 2 saturated carbocycles. The summed E-state index contributed by atoms with van der Waals surface area (Å²) in [5, 5.41) is -0.160. The van der Waals surface area contributed by atoms with E-state index in [1.165, 1.54) is 12.8 Å². The van der Waals surface area contributed by atoms with Gasteiger partial charge < -0.3 is 10.5 Å². The molecule has 2 atom stereocenters. The molecule has 3 aliphatic rings. The third-order valence-electron chi connectivity index (χ3n) is 6.22. The summed E-state index contributed by atoms with van der Waals surface area (Å²) >= 11 is 0. The predicted molar refractivity (Wildman–Crippen MR) is 96.2 cm³/mol. The molecule has 0 amide bonds. The predicted octanol–water partition coefficient (Wildman–Crippen LogP) is 2.50. The first-order valence-electron chi connectivity index (χ1n) is 9.77. The van der Waals surface area contributed by atoms with Crippen LogP contribution < -0.4 is 5.73 Å². The maximum absolute atomic E-state index is 12.7. The van der Waals surface area contributed by atoms with E-state index in [1.54, 1.807) is 4.31 Å². The molecular weight excluding hydrogens is 324 g/mol. The molecule has 3 fully saturated rings. The molecule has 2 N–H and O–H groups in total. The fourth-order valence-corrected chi connectivity index (χ4v) is 6.38.